The van der Waals surface area contributed by atoms with Crippen LogP contribution in [0.3, 0.4) is 0 Å². The fourth-order valence-corrected chi connectivity index (χ4v) is 3.59. The third-order valence-electron chi connectivity index (χ3n) is 3.96. The second-order valence-corrected chi connectivity index (χ2v) is 6.96. The molecule has 1 aromatic rings. The molecule has 1 aromatic carbocycles. The van der Waals surface area contributed by atoms with Gasteiger partial charge in [-0.2, -0.15) is 0 Å². The van der Waals surface area contributed by atoms with E-state index in [1.807, 2.05) is 24.3 Å². The van der Waals surface area contributed by atoms with E-state index < -0.39 is 0 Å². The number of carbonyl (C=O) groups is 1. The first-order valence-corrected chi connectivity index (χ1v) is 8.11. The third kappa shape index (κ3) is 5.01. The molecular formula is C17H25ClN2O. The Morgan fingerprint density at radius 3 is 2.38 bits per heavy atom. The Labute approximate surface area is 132 Å². The van der Waals surface area contributed by atoms with Crippen LogP contribution >= 0.6 is 11.6 Å². The summed E-state index contributed by atoms with van der Waals surface area (Å²) in [4.78, 5) is 13.5. The topological polar surface area (TPSA) is 32.3 Å². The molecule has 4 heteroatoms. The molecule has 1 fully saturated rings. The lowest BCUT2D eigenvalue weighted by Crippen LogP contribution is -2.40. The maximum atomic E-state index is 11.0. The highest BCUT2D eigenvalue weighted by atomic mass is 35.5. The zero-order valence-electron chi connectivity index (χ0n) is 13.1. The minimum atomic E-state index is -0.0542. The summed E-state index contributed by atoms with van der Waals surface area (Å²) < 4.78 is 0. The van der Waals surface area contributed by atoms with E-state index >= 15 is 0 Å². The number of hydrogen-bond acceptors (Lipinski definition) is 2. The zero-order valence-corrected chi connectivity index (χ0v) is 13.9. The van der Waals surface area contributed by atoms with Crippen LogP contribution in [0.2, 0.25) is 0 Å². The van der Waals surface area contributed by atoms with Crippen LogP contribution in [0, 0.1) is 11.8 Å². The maximum absolute atomic E-state index is 11.0. The van der Waals surface area contributed by atoms with E-state index in [0.717, 1.165) is 42.7 Å². The highest BCUT2D eigenvalue weighted by Gasteiger charge is 2.23. The van der Waals surface area contributed by atoms with Crippen LogP contribution in [-0.2, 0) is 4.79 Å². The molecule has 1 aliphatic rings. The molecule has 21 heavy (non-hydrogen) atoms. The lowest BCUT2D eigenvalue weighted by atomic mass is 9.91. The Morgan fingerprint density at radius 1 is 1.29 bits per heavy atom. The number of alkyl halides is 1. The number of piperidine rings is 1. The molecule has 3 nitrogen and oxygen atoms in total. The number of anilines is 1. The number of nitrogens with zero attached hydrogens (tertiary/aromatic N) is 1. The largest absolute Gasteiger partial charge is 0.326 e. The van der Waals surface area contributed by atoms with E-state index in [-0.39, 0.29) is 11.3 Å². The molecule has 1 saturated heterocycles. The van der Waals surface area contributed by atoms with Crippen molar-refractivity contribution in [2.45, 2.75) is 32.6 Å². The number of likely N-dealkylation sites (tertiary alicyclic amines) is 1. The molecule has 0 spiro atoms. The molecular weight excluding hydrogens is 284 g/mol. The van der Waals surface area contributed by atoms with Crippen molar-refractivity contribution >= 4 is 23.2 Å². The van der Waals surface area contributed by atoms with Crippen molar-refractivity contribution in [3.05, 3.63) is 29.8 Å². The molecule has 1 N–H and O–H groups in total. The normalized spacial score (nSPS) is 24.6. The Morgan fingerprint density at radius 2 is 1.86 bits per heavy atom. The lowest BCUT2D eigenvalue weighted by molar-refractivity contribution is -0.114. The highest BCUT2D eigenvalue weighted by molar-refractivity contribution is 6.21. The molecule has 1 heterocycles. The zero-order chi connectivity index (χ0) is 15.4. The molecule has 0 bridgehead atoms. The van der Waals surface area contributed by atoms with Gasteiger partial charge in [0.25, 0.3) is 0 Å². The average Bonchev–Trinajstić information content (AvgIpc) is 2.37. The van der Waals surface area contributed by atoms with Crippen molar-refractivity contribution in [1.82, 2.24) is 4.90 Å². The van der Waals surface area contributed by atoms with Gasteiger partial charge in [0, 0.05) is 32.2 Å². The predicted molar refractivity (Wildman–Crippen MR) is 88.7 cm³/mol. The Hall–Kier alpha value is -1.06. The van der Waals surface area contributed by atoms with Crippen LogP contribution in [0.15, 0.2) is 24.3 Å². The molecule has 0 radical (unpaired) electrons. The number of nitrogens with one attached hydrogen (secondary N) is 1. The van der Waals surface area contributed by atoms with E-state index in [1.54, 1.807) is 0 Å². The molecule has 0 aromatic heterocycles. The van der Waals surface area contributed by atoms with Crippen LogP contribution in [0.25, 0.3) is 0 Å². The summed E-state index contributed by atoms with van der Waals surface area (Å²) in [6.45, 7) is 9.30. The number of hydrogen-bond donors (Lipinski definition) is 1. The van der Waals surface area contributed by atoms with Gasteiger partial charge >= 0.3 is 0 Å². The van der Waals surface area contributed by atoms with Gasteiger partial charge in [-0.25, -0.2) is 0 Å². The van der Waals surface area contributed by atoms with Gasteiger partial charge in [0.2, 0.25) is 5.91 Å². The number of amides is 1. The highest BCUT2D eigenvalue weighted by Crippen LogP contribution is 2.27. The molecule has 1 amide bonds. The van der Waals surface area contributed by atoms with E-state index in [4.69, 9.17) is 11.6 Å². The monoisotopic (exact) mass is 308 g/mol. The maximum Gasteiger partial charge on any atom is 0.221 e. The summed E-state index contributed by atoms with van der Waals surface area (Å²) >= 11 is 6.56. The van der Waals surface area contributed by atoms with E-state index in [0.29, 0.717) is 0 Å². The number of rotatable bonds is 4. The number of carbonyl (C=O) groups excluding carboxylic acids is 1. The summed E-state index contributed by atoms with van der Waals surface area (Å²) in [5, 5.41) is 2.77. The van der Waals surface area contributed by atoms with Crippen molar-refractivity contribution in [3.63, 3.8) is 0 Å². The summed E-state index contributed by atoms with van der Waals surface area (Å²) in [5.74, 6) is 1.45. The molecule has 3 unspecified atom stereocenters. The average molecular weight is 309 g/mol. The van der Waals surface area contributed by atoms with E-state index in [1.165, 1.54) is 13.3 Å². The Balaban J connectivity index is 1.93. The fourth-order valence-electron chi connectivity index (χ4n) is 3.25. The summed E-state index contributed by atoms with van der Waals surface area (Å²) in [6, 6.07) is 7.82. The smallest absolute Gasteiger partial charge is 0.221 e. The standard InChI is InChI=1S/C17H25ClN2O/c1-12-8-13(2)10-20(9-12)11-17(18)15-4-6-16(7-5-15)19-14(3)21/h4-7,12-13,17H,8-11H2,1-3H3,(H,19,21). The molecule has 1 aliphatic heterocycles. The first-order valence-electron chi connectivity index (χ1n) is 7.68. The first kappa shape index (κ1) is 16.3. The Kier molecular flexibility index (Phi) is 5.65. The number of halogens is 1. The third-order valence-corrected chi connectivity index (χ3v) is 4.35. The van der Waals surface area contributed by atoms with Gasteiger partial charge in [0.1, 0.15) is 0 Å². The van der Waals surface area contributed by atoms with Gasteiger partial charge in [-0.3, -0.25) is 4.79 Å². The van der Waals surface area contributed by atoms with Gasteiger partial charge in [-0.05, 0) is 36.0 Å². The summed E-state index contributed by atoms with van der Waals surface area (Å²) in [7, 11) is 0. The summed E-state index contributed by atoms with van der Waals surface area (Å²) in [5.41, 5.74) is 1.92. The van der Waals surface area contributed by atoms with E-state index in [9.17, 15) is 4.79 Å². The molecule has 3 atom stereocenters. The van der Waals surface area contributed by atoms with Crippen molar-refractivity contribution in [2.75, 3.05) is 25.0 Å². The van der Waals surface area contributed by atoms with Crippen LogP contribution in [0.5, 0.6) is 0 Å². The van der Waals surface area contributed by atoms with Crippen LogP contribution in [0.4, 0.5) is 5.69 Å². The van der Waals surface area contributed by atoms with Gasteiger partial charge < -0.3 is 10.2 Å². The first-order chi connectivity index (χ1) is 9.94. The minimum Gasteiger partial charge on any atom is -0.326 e. The van der Waals surface area contributed by atoms with Gasteiger partial charge in [-0.15, -0.1) is 11.6 Å². The van der Waals surface area contributed by atoms with Crippen molar-refractivity contribution in [3.8, 4) is 0 Å². The Bertz CT molecular complexity index is 464. The van der Waals surface area contributed by atoms with E-state index in [2.05, 4.69) is 24.1 Å². The predicted octanol–water partition coefficient (Wildman–Crippen LogP) is 3.90. The SMILES string of the molecule is CC(=O)Nc1ccc(C(Cl)CN2CC(C)CC(C)C2)cc1. The number of benzene rings is 1. The van der Waals surface area contributed by atoms with Crippen molar-refractivity contribution in [1.29, 1.82) is 0 Å². The second kappa shape index (κ2) is 7.28. The van der Waals surface area contributed by atoms with Crippen LogP contribution in [-0.4, -0.2) is 30.4 Å². The summed E-state index contributed by atoms with van der Waals surface area (Å²) in [6.07, 6.45) is 1.31. The second-order valence-electron chi connectivity index (χ2n) is 6.44. The minimum absolute atomic E-state index is 0.00567. The van der Waals surface area contributed by atoms with Crippen molar-refractivity contribution in [2.24, 2.45) is 11.8 Å². The quantitative estimate of drug-likeness (QED) is 0.856. The molecule has 0 saturated carbocycles. The lowest BCUT2D eigenvalue weighted by Gasteiger charge is -2.36. The molecule has 0 aliphatic carbocycles. The fraction of sp³-hybridized carbons (Fsp3) is 0.588. The van der Waals surface area contributed by atoms with Gasteiger partial charge in [0.05, 0.1) is 5.38 Å². The molecule has 116 valence electrons. The van der Waals surface area contributed by atoms with Gasteiger partial charge in [0.15, 0.2) is 0 Å². The van der Waals surface area contributed by atoms with Crippen LogP contribution in [0.1, 0.15) is 38.1 Å². The van der Waals surface area contributed by atoms with Gasteiger partial charge in [-0.1, -0.05) is 26.0 Å². The van der Waals surface area contributed by atoms with Crippen molar-refractivity contribution < 1.29 is 4.79 Å². The molecule has 2 rings (SSSR count). The van der Waals surface area contributed by atoms with Crippen LogP contribution < -0.4 is 5.32 Å².